The van der Waals surface area contributed by atoms with Gasteiger partial charge in [-0.3, -0.25) is 14.5 Å². The summed E-state index contributed by atoms with van der Waals surface area (Å²) < 4.78 is 79.8. The van der Waals surface area contributed by atoms with Gasteiger partial charge < -0.3 is 24.8 Å². The third-order valence-electron chi connectivity index (χ3n) is 8.63. The quantitative estimate of drug-likeness (QED) is 0.159. The average Bonchev–Trinajstić information content (AvgIpc) is 3.08. The Balaban J connectivity index is 1.35. The second kappa shape index (κ2) is 15.9. The average molecular weight is 712 g/mol. The van der Waals surface area contributed by atoms with Crippen molar-refractivity contribution in [3.05, 3.63) is 119 Å². The van der Waals surface area contributed by atoms with Crippen molar-refractivity contribution in [2.24, 2.45) is 5.92 Å². The van der Waals surface area contributed by atoms with E-state index in [4.69, 9.17) is 9.47 Å². The van der Waals surface area contributed by atoms with Crippen LogP contribution in [0.3, 0.4) is 0 Å². The number of aliphatic hydroxyl groups is 1. The molecule has 51 heavy (non-hydrogen) atoms. The molecule has 2 N–H and O–H groups in total. The van der Waals surface area contributed by atoms with Gasteiger partial charge in [0.25, 0.3) is 5.91 Å². The Hall–Kier alpha value is -5.01. The van der Waals surface area contributed by atoms with Gasteiger partial charge in [-0.25, -0.2) is 8.78 Å². The fourth-order valence-electron chi connectivity index (χ4n) is 5.79. The van der Waals surface area contributed by atoms with Crippen LogP contribution in [0.2, 0.25) is 0 Å². The number of hydrogen-bond acceptors (Lipinski definition) is 6. The second-order valence-corrected chi connectivity index (χ2v) is 12.7. The Kier molecular flexibility index (Phi) is 11.6. The third kappa shape index (κ3) is 9.21. The molecule has 4 aromatic carbocycles. The van der Waals surface area contributed by atoms with Crippen LogP contribution >= 0.6 is 0 Å². The van der Waals surface area contributed by atoms with Crippen molar-refractivity contribution in [2.75, 3.05) is 32.1 Å². The van der Waals surface area contributed by atoms with Crippen LogP contribution in [0.4, 0.5) is 27.6 Å². The van der Waals surface area contributed by atoms with Crippen molar-refractivity contribution in [1.82, 2.24) is 9.80 Å². The lowest BCUT2D eigenvalue weighted by Crippen LogP contribution is -2.49. The number of rotatable bonds is 11. The number of ether oxygens (including phenoxy) is 2. The van der Waals surface area contributed by atoms with Crippen LogP contribution in [-0.4, -0.2) is 65.6 Å². The molecule has 0 saturated carbocycles. The standard InChI is InChI=1S/C38H38F5N3O5/c1-23-19-46(24(2)22-47)37(49)29-7-6-9-32(44-35(48)17-26-13-14-27(18-31(26)40)38(41,42)43)36(29)51-34(23)21-45(3)20-25-11-15-28(16-12-25)50-33-10-5-4-8-30(33)39/h4-16,18,23-24,34,47H,17,19-22H2,1-3H3,(H,44,48)/t23-,24?,34-/m1/s1. The molecule has 13 heteroatoms. The van der Waals surface area contributed by atoms with Crippen molar-refractivity contribution in [3.8, 4) is 17.2 Å². The molecule has 0 aromatic heterocycles. The minimum atomic E-state index is -4.74. The molecule has 1 unspecified atom stereocenters. The Bertz CT molecular complexity index is 1850. The van der Waals surface area contributed by atoms with E-state index in [1.54, 1.807) is 48.2 Å². The minimum Gasteiger partial charge on any atom is -0.486 e. The van der Waals surface area contributed by atoms with Gasteiger partial charge in [-0.1, -0.05) is 43.3 Å². The number of para-hydroxylation sites is 2. The molecule has 1 aliphatic heterocycles. The van der Waals surface area contributed by atoms with E-state index in [1.165, 1.54) is 18.2 Å². The predicted octanol–water partition coefficient (Wildman–Crippen LogP) is 7.31. The van der Waals surface area contributed by atoms with Crippen LogP contribution in [0.25, 0.3) is 0 Å². The molecule has 0 spiro atoms. The number of hydrogen-bond donors (Lipinski definition) is 2. The summed E-state index contributed by atoms with van der Waals surface area (Å²) in [6.07, 6.45) is -5.83. The lowest BCUT2D eigenvalue weighted by atomic mass is 9.98. The van der Waals surface area contributed by atoms with Gasteiger partial charge in [0.15, 0.2) is 17.3 Å². The highest BCUT2D eigenvalue weighted by Crippen LogP contribution is 2.36. The summed E-state index contributed by atoms with van der Waals surface area (Å²) in [6.45, 7) is 4.49. The molecule has 0 saturated heterocycles. The van der Waals surface area contributed by atoms with Gasteiger partial charge in [0, 0.05) is 25.6 Å². The summed E-state index contributed by atoms with van der Waals surface area (Å²) in [7, 11) is 1.89. The summed E-state index contributed by atoms with van der Waals surface area (Å²) in [6, 6.07) is 19.4. The molecular formula is C38H38F5N3O5. The number of likely N-dealkylation sites (N-methyl/N-ethyl adjacent to an activating group) is 1. The van der Waals surface area contributed by atoms with Crippen molar-refractivity contribution in [1.29, 1.82) is 0 Å². The molecule has 0 fully saturated rings. The van der Waals surface area contributed by atoms with Crippen LogP contribution in [0, 0.1) is 17.6 Å². The summed E-state index contributed by atoms with van der Waals surface area (Å²) in [5.74, 6) is -2.38. The van der Waals surface area contributed by atoms with Crippen molar-refractivity contribution in [3.63, 3.8) is 0 Å². The first-order chi connectivity index (χ1) is 24.2. The largest absolute Gasteiger partial charge is 0.486 e. The van der Waals surface area contributed by atoms with Gasteiger partial charge in [0.05, 0.1) is 35.9 Å². The number of halogens is 5. The molecule has 0 aliphatic carbocycles. The van der Waals surface area contributed by atoms with E-state index >= 15 is 0 Å². The monoisotopic (exact) mass is 711 g/mol. The molecule has 3 atom stereocenters. The lowest BCUT2D eigenvalue weighted by Gasteiger charge is -2.38. The van der Waals surface area contributed by atoms with Crippen molar-refractivity contribution >= 4 is 17.5 Å². The van der Waals surface area contributed by atoms with E-state index in [-0.39, 0.29) is 47.4 Å². The number of aliphatic hydroxyl groups excluding tert-OH is 1. The number of benzene rings is 4. The number of nitrogens with one attached hydrogen (secondary N) is 1. The molecule has 2 amide bonds. The number of fused-ring (bicyclic) bond motifs is 1. The van der Waals surface area contributed by atoms with Crippen LogP contribution in [0.5, 0.6) is 17.2 Å². The Labute approximate surface area is 292 Å². The highest BCUT2D eigenvalue weighted by molar-refractivity contribution is 6.02. The normalized spacial score (nSPS) is 16.9. The molecule has 8 nitrogen and oxygen atoms in total. The maximum atomic E-state index is 14.6. The van der Waals surface area contributed by atoms with Crippen molar-refractivity contribution in [2.45, 2.75) is 45.1 Å². The van der Waals surface area contributed by atoms with E-state index < -0.39 is 53.8 Å². The lowest BCUT2D eigenvalue weighted by molar-refractivity contribution is -0.137. The number of amides is 2. The molecule has 270 valence electrons. The summed E-state index contributed by atoms with van der Waals surface area (Å²) in [4.78, 5) is 30.5. The number of alkyl halides is 3. The first kappa shape index (κ1) is 37.3. The molecule has 0 radical (unpaired) electrons. The number of nitrogens with zero attached hydrogens (tertiary/aromatic N) is 2. The predicted molar refractivity (Wildman–Crippen MR) is 181 cm³/mol. The zero-order valence-corrected chi connectivity index (χ0v) is 28.2. The highest BCUT2D eigenvalue weighted by atomic mass is 19.4. The van der Waals surface area contributed by atoms with Gasteiger partial charge in [0.1, 0.15) is 17.7 Å². The second-order valence-electron chi connectivity index (χ2n) is 12.7. The van der Waals surface area contributed by atoms with Gasteiger partial charge in [-0.15, -0.1) is 0 Å². The van der Waals surface area contributed by atoms with E-state index in [1.807, 2.05) is 31.0 Å². The van der Waals surface area contributed by atoms with Crippen LogP contribution in [-0.2, 0) is 23.9 Å². The van der Waals surface area contributed by atoms with Crippen molar-refractivity contribution < 1.29 is 46.1 Å². The van der Waals surface area contributed by atoms with E-state index in [2.05, 4.69) is 5.32 Å². The maximum Gasteiger partial charge on any atom is 0.416 e. The topological polar surface area (TPSA) is 91.3 Å². The number of carbonyl (C=O) groups is 2. The first-order valence-electron chi connectivity index (χ1n) is 16.3. The fourth-order valence-corrected chi connectivity index (χ4v) is 5.79. The van der Waals surface area contributed by atoms with Crippen LogP contribution in [0.15, 0.2) is 84.9 Å². The Morgan fingerprint density at radius 3 is 2.43 bits per heavy atom. The molecule has 1 heterocycles. The summed E-state index contributed by atoms with van der Waals surface area (Å²) in [5.41, 5.74) is -0.204. The van der Waals surface area contributed by atoms with Gasteiger partial charge in [-0.05, 0) is 73.6 Å². The third-order valence-corrected chi connectivity index (χ3v) is 8.63. The zero-order valence-electron chi connectivity index (χ0n) is 28.2. The summed E-state index contributed by atoms with van der Waals surface area (Å²) in [5, 5.41) is 12.6. The smallest absolute Gasteiger partial charge is 0.416 e. The van der Waals surface area contributed by atoms with E-state index in [0.29, 0.717) is 31.0 Å². The SMILES string of the molecule is CC(CO)N1C[C@@H](C)[C@@H](CN(C)Cc2ccc(Oc3ccccc3F)cc2)Oc2c(NC(=O)Cc3ccc(C(F)(F)F)cc3F)cccc2C1=O. The number of carbonyl (C=O) groups excluding carboxylic acids is 2. The molecule has 0 bridgehead atoms. The fraction of sp³-hybridized carbons (Fsp3) is 0.316. The number of anilines is 1. The summed E-state index contributed by atoms with van der Waals surface area (Å²) >= 11 is 0. The zero-order chi connectivity index (χ0) is 36.9. The van der Waals surface area contributed by atoms with Crippen LogP contribution in [0.1, 0.15) is 40.9 Å². The first-order valence-corrected chi connectivity index (χ1v) is 16.3. The highest BCUT2D eigenvalue weighted by Gasteiger charge is 2.35. The van der Waals surface area contributed by atoms with Gasteiger partial charge >= 0.3 is 6.18 Å². The molecule has 1 aliphatic rings. The Morgan fingerprint density at radius 1 is 1.04 bits per heavy atom. The minimum absolute atomic E-state index is 0.0819. The van der Waals surface area contributed by atoms with Gasteiger partial charge in [-0.2, -0.15) is 13.2 Å². The molecule has 5 rings (SSSR count). The van der Waals surface area contributed by atoms with E-state index in [0.717, 1.165) is 11.6 Å². The van der Waals surface area contributed by atoms with E-state index in [9.17, 15) is 36.6 Å². The Morgan fingerprint density at radius 2 is 1.76 bits per heavy atom. The molecular weight excluding hydrogens is 673 g/mol. The molecule has 4 aromatic rings. The maximum absolute atomic E-state index is 14.6. The van der Waals surface area contributed by atoms with Gasteiger partial charge in [0.2, 0.25) is 5.91 Å². The van der Waals surface area contributed by atoms with Crippen LogP contribution < -0.4 is 14.8 Å².